The van der Waals surface area contributed by atoms with E-state index in [4.69, 9.17) is 5.11 Å². The normalized spacial score (nSPS) is 11.6. The van der Waals surface area contributed by atoms with Gasteiger partial charge in [-0.2, -0.15) is 0 Å². The van der Waals surface area contributed by atoms with Crippen LogP contribution in [-0.4, -0.2) is 39.8 Å². The lowest BCUT2D eigenvalue weighted by Crippen LogP contribution is -2.27. The highest BCUT2D eigenvalue weighted by atomic mass is 32.2. The zero-order chi connectivity index (χ0) is 15.3. The maximum absolute atomic E-state index is 13.4. The van der Waals surface area contributed by atoms with Crippen LogP contribution in [0.3, 0.4) is 0 Å². The number of rotatable bonds is 7. The minimum absolute atomic E-state index is 0.0640. The summed E-state index contributed by atoms with van der Waals surface area (Å²) in [4.78, 5) is 15.6. The third kappa shape index (κ3) is 3.93. The summed E-state index contributed by atoms with van der Waals surface area (Å²) in [5, 5.41) is 8.68. The first kappa shape index (κ1) is 16.4. The molecule has 0 aliphatic rings. The lowest BCUT2D eigenvalue weighted by atomic mass is 10.2. The molecule has 2 N–H and O–H groups in total. The molecule has 0 aliphatic heterocycles. The Bertz CT molecular complexity index is 604. The second-order valence-electron chi connectivity index (χ2n) is 3.50. The van der Waals surface area contributed by atoms with Crippen molar-refractivity contribution in [3.8, 4) is 0 Å². The van der Waals surface area contributed by atoms with Crippen LogP contribution in [0.1, 0.15) is 10.4 Å². The number of methoxy groups -OCH3 is 1. The van der Waals surface area contributed by atoms with Crippen LogP contribution in [0.5, 0.6) is 0 Å². The van der Waals surface area contributed by atoms with E-state index >= 15 is 0 Å². The topological polar surface area (TPSA) is 102 Å². The predicted molar refractivity (Wildman–Crippen MR) is 61.5 cm³/mol. The van der Waals surface area contributed by atoms with E-state index < -0.39 is 38.1 Å². The molecule has 0 radical (unpaired) electrons. The third-order valence-electron chi connectivity index (χ3n) is 2.09. The van der Waals surface area contributed by atoms with Crippen molar-refractivity contribution in [3.05, 3.63) is 29.3 Å². The van der Waals surface area contributed by atoms with Crippen LogP contribution in [0.4, 0.5) is 8.78 Å². The average Bonchev–Trinajstić information content (AvgIpc) is 2.37. The highest BCUT2D eigenvalue weighted by Gasteiger charge is 2.24. The Morgan fingerprint density at radius 1 is 1.35 bits per heavy atom. The van der Waals surface area contributed by atoms with Gasteiger partial charge in [-0.25, -0.2) is 22.0 Å². The molecular weight excluding hydrogens is 300 g/mol. The molecule has 0 amide bonds. The fourth-order valence-electron chi connectivity index (χ4n) is 1.17. The molecule has 1 aromatic carbocycles. The molecule has 1 rings (SSSR count). The van der Waals surface area contributed by atoms with Crippen LogP contribution in [0.25, 0.3) is 0 Å². The molecule has 0 saturated heterocycles. The zero-order valence-corrected chi connectivity index (χ0v) is 11.0. The summed E-state index contributed by atoms with van der Waals surface area (Å²) in [6, 6.07) is 0.866. The summed E-state index contributed by atoms with van der Waals surface area (Å²) in [6.07, 6.45) is 0. The van der Waals surface area contributed by atoms with E-state index in [0.29, 0.717) is 12.1 Å². The molecule has 0 atom stereocenters. The summed E-state index contributed by atoms with van der Waals surface area (Å²) in [5.74, 6) is -4.89. The van der Waals surface area contributed by atoms with Gasteiger partial charge in [0.05, 0.1) is 18.8 Å². The van der Waals surface area contributed by atoms with E-state index in [1.54, 1.807) is 0 Å². The van der Waals surface area contributed by atoms with Crippen molar-refractivity contribution < 1.29 is 36.7 Å². The summed E-state index contributed by atoms with van der Waals surface area (Å²) >= 11 is 0. The number of aromatic carboxylic acids is 1. The van der Waals surface area contributed by atoms with Crippen molar-refractivity contribution in [2.45, 2.75) is 4.90 Å². The Labute approximate surface area is 113 Å². The van der Waals surface area contributed by atoms with Gasteiger partial charge >= 0.3 is 5.97 Å². The molecule has 20 heavy (non-hydrogen) atoms. The van der Waals surface area contributed by atoms with Crippen LogP contribution in [0.15, 0.2) is 17.0 Å². The molecule has 0 heterocycles. The first-order chi connectivity index (χ1) is 9.29. The number of sulfonamides is 1. The van der Waals surface area contributed by atoms with Gasteiger partial charge < -0.3 is 9.84 Å². The average molecular weight is 311 g/mol. The number of hydrogen-bond acceptors (Lipinski definition) is 5. The van der Waals surface area contributed by atoms with Gasteiger partial charge in [-0.3, -0.25) is 4.84 Å². The summed E-state index contributed by atoms with van der Waals surface area (Å²) in [5.41, 5.74) is -0.707. The molecule has 0 fully saturated rings. The Morgan fingerprint density at radius 3 is 2.55 bits per heavy atom. The quantitative estimate of drug-likeness (QED) is 0.562. The van der Waals surface area contributed by atoms with Crippen LogP contribution in [0, 0.1) is 11.6 Å². The monoisotopic (exact) mass is 311 g/mol. The van der Waals surface area contributed by atoms with E-state index in [9.17, 15) is 22.0 Å². The number of hydrogen-bond donors (Lipinski definition) is 2. The number of carbonyl (C=O) groups is 1. The van der Waals surface area contributed by atoms with E-state index in [1.807, 2.05) is 0 Å². The number of carboxylic acids is 1. The molecule has 0 spiro atoms. The standard InChI is InChI=1S/C10H11F2NO6S/c1-18-2-3-19-13-20(16,17)8-5-6(10(14)15)4-7(11)9(8)12/h4-5,13H,2-3H2,1H3,(H,14,15). The van der Waals surface area contributed by atoms with Gasteiger partial charge in [0.25, 0.3) is 10.0 Å². The molecule has 0 unspecified atom stereocenters. The largest absolute Gasteiger partial charge is 0.478 e. The Hall–Kier alpha value is -1.62. The molecule has 1 aromatic rings. The Balaban J connectivity index is 3.07. The first-order valence-corrected chi connectivity index (χ1v) is 6.62. The van der Waals surface area contributed by atoms with Crippen molar-refractivity contribution in [2.75, 3.05) is 20.3 Å². The number of nitrogens with one attached hydrogen (secondary N) is 1. The fourth-order valence-corrected chi connectivity index (χ4v) is 2.12. The number of halogens is 2. The minimum Gasteiger partial charge on any atom is -0.478 e. The molecule has 0 bridgehead atoms. The van der Waals surface area contributed by atoms with Crippen LogP contribution in [-0.2, 0) is 19.6 Å². The van der Waals surface area contributed by atoms with Crippen LogP contribution in [0.2, 0.25) is 0 Å². The highest BCUT2D eigenvalue weighted by molar-refractivity contribution is 7.89. The fraction of sp³-hybridized carbons (Fsp3) is 0.300. The van der Waals surface area contributed by atoms with Gasteiger partial charge in [0.15, 0.2) is 11.6 Å². The maximum Gasteiger partial charge on any atom is 0.335 e. The van der Waals surface area contributed by atoms with Crippen LogP contribution >= 0.6 is 0 Å². The summed E-state index contributed by atoms with van der Waals surface area (Å²) < 4.78 is 54.5. The van der Waals surface area contributed by atoms with Crippen molar-refractivity contribution >= 4 is 16.0 Å². The molecule has 0 aliphatic carbocycles. The third-order valence-corrected chi connectivity index (χ3v) is 3.30. The lowest BCUT2D eigenvalue weighted by Gasteiger charge is -2.09. The van der Waals surface area contributed by atoms with E-state index in [2.05, 4.69) is 9.57 Å². The number of ether oxygens (including phenoxy) is 1. The molecular formula is C10H11F2NO6S. The number of benzene rings is 1. The van der Waals surface area contributed by atoms with Crippen molar-refractivity contribution in [1.29, 1.82) is 0 Å². The second kappa shape index (κ2) is 6.70. The summed E-state index contributed by atoms with van der Waals surface area (Å²) in [7, 11) is -3.21. The van der Waals surface area contributed by atoms with Gasteiger partial charge in [-0.1, -0.05) is 4.89 Å². The minimum atomic E-state index is -4.56. The SMILES string of the molecule is COCCONS(=O)(=O)c1cc(C(=O)O)cc(F)c1F. The van der Waals surface area contributed by atoms with Crippen LogP contribution < -0.4 is 4.89 Å². The smallest absolute Gasteiger partial charge is 0.335 e. The molecule has 0 saturated carbocycles. The second-order valence-corrected chi connectivity index (χ2v) is 5.12. The molecule has 0 aromatic heterocycles. The molecule has 112 valence electrons. The Kier molecular flexibility index (Phi) is 5.51. The first-order valence-electron chi connectivity index (χ1n) is 5.14. The summed E-state index contributed by atoms with van der Waals surface area (Å²) in [6.45, 7) is -0.104. The molecule has 7 nitrogen and oxygen atoms in total. The maximum atomic E-state index is 13.4. The van der Waals surface area contributed by atoms with E-state index in [-0.39, 0.29) is 13.2 Å². The van der Waals surface area contributed by atoms with Gasteiger partial charge in [0.1, 0.15) is 4.90 Å². The van der Waals surface area contributed by atoms with Gasteiger partial charge in [0.2, 0.25) is 0 Å². The lowest BCUT2D eigenvalue weighted by molar-refractivity contribution is 0.0437. The number of carboxylic acid groups (broad SMARTS) is 1. The van der Waals surface area contributed by atoms with Crippen molar-refractivity contribution in [1.82, 2.24) is 4.89 Å². The molecule has 10 heteroatoms. The van der Waals surface area contributed by atoms with Gasteiger partial charge in [-0.15, -0.1) is 0 Å². The predicted octanol–water partition coefficient (Wildman–Crippen LogP) is 0.519. The zero-order valence-electron chi connectivity index (χ0n) is 10.2. The highest BCUT2D eigenvalue weighted by Crippen LogP contribution is 2.19. The van der Waals surface area contributed by atoms with E-state index in [0.717, 1.165) is 0 Å². The van der Waals surface area contributed by atoms with E-state index in [1.165, 1.54) is 12.0 Å². The van der Waals surface area contributed by atoms with Crippen molar-refractivity contribution in [3.63, 3.8) is 0 Å². The van der Waals surface area contributed by atoms with Gasteiger partial charge in [0, 0.05) is 7.11 Å². The Morgan fingerprint density at radius 2 is 2.00 bits per heavy atom. The van der Waals surface area contributed by atoms with Crippen molar-refractivity contribution in [2.24, 2.45) is 0 Å². The van der Waals surface area contributed by atoms with Gasteiger partial charge in [-0.05, 0) is 12.1 Å².